The second-order valence-corrected chi connectivity index (χ2v) is 5.03. The summed E-state index contributed by atoms with van der Waals surface area (Å²) in [7, 11) is 0. The Morgan fingerprint density at radius 3 is 2.10 bits per heavy atom. The van der Waals surface area contributed by atoms with Crippen molar-refractivity contribution in [1.29, 1.82) is 0 Å². The van der Waals surface area contributed by atoms with E-state index >= 15 is 0 Å². The Balaban J connectivity index is 1.69. The predicted molar refractivity (Wildman–Crippen MR) is 41.6 cm³/mol. The molecule has 5 atom stereocenters. The summed E-state index contributed by atoms with van der Waals surface area (Å²) in [5.41, 5.74) is 0.940. The Morgan fingerprint density at radius 1 is 1.20 bits per heavy atom. The normalized spacial score (nSPS) is 70.2. The van der Waals surface area contributed by atoms with E-state index in [9.17, 15) is 0 Å². The summed E-state index contributed by atoms with van der Waals surface area (Å²) >= 11 is 0. The van der Waals surface area contributed by atoms with Crippen LogP contribution in [0.4, 0.5) is 0 Å². The molecule has 0 saturated heterocycles. The van der Waals surface area contributed by atoms with E-state index < -0.39 is 0 Å². The lowest BCUT2D eigenvalue weighted by atomic mass is 10.1. The lowest BCUT2D eigenvalue weighted by molar-refractivity contribution is 0.565. The van der Waals surface area contributed by atoms with Crippen LogP contribution in [0.1, 0.15) is 33.1 Å². The summed E-state index contributed by atoms with van der Waals surface area (Å²) in [5, 5.41) is 0. The molecule has 3 fully saturated rings. The molecular weight excluding hydrogens is 120 g/mol. The van der Waals surface area contributed by atoms with Crippen LogP contribution in [0.25, 0.3) is 0 Å². The van der Waals surface area contributed by atoms with Crippen molar-refractivity contribution in [2.24, 2.45) is 29.1 Å². The van der Waals surface area contributed by atoms with Crippen molar-refractivity contribution in [3.8, 4) is 0 Å². The summed E-state index contributed by atoms with van der Waals surface area (Å²) in [6.45, 7) is 4.86. The van der Waals surface area contributed by atoms with E-state index in [0.717, 1.165) is 17.3 Å². The first-order valence-corrected chi connectivity index (χ1v) is 4.74. The second kappa shape index (κ2) is 1.31. The molecule has 3 rings (SSSR count). The maximum atomic E-state index is 2.44. The SMILES string of the molecule is CC1CC1C1CC12CC2C. The van der Waals surface area contributed by atoms with Crippen molar-refractivity contribution in [2.75, 3.05) is 0 Å². The van der Waals surface area contributed by atoms with Crippen molar-refractivity contribution in [2.45, 2.75) is 33.1 Å². The van der Waals surface area contributed by atoms with Gasteiger partial charge in [-0.3, -0.25) is 0 Å². The van der Waals surface area contributed by atoms with E-state index in [1.807, 2.05) is 0 Å². The zero-order valence-electron chi connectivity index (χ0n) is 6.93. The van der Waals surface area contributed by atoms with Gasteiger partial charge in [0.05, 0.1) is 0 Å². The van der Waals surface area contributed by atoms with Gasteiger partial charge < -0.3 is 0 Å². The molecule has 0 heteroatoms. The number of hydrogen-bond acceptors (Lipinski definition) is 0. The molecule has 56 valence electrons. The van der Waals surface area contributed by atoms with Crippen molar-refractivity contribution in [1.82, 2.24) is 0 Å². The molecule has 5 unspecified atom stereocenters. The van der Waals surface area contributed by atoms with Crippen LogP contribution >= 0.6 is 0 Å². The van der Waals surface area contributed by atoms with Crippen LogP contribution in [0.15, 0.2) is 0 Å². The van der Waals surface area contributed by atoms with E-state index in [4.69, 9.17) is 0 Å². The molecule has 0 aromatic rings. The third kappa shape index (κ3) is 0.500. The Kier molecular flexibility index (Phi) is 0.735. The van der Waals surface area contributed by atoms with Gasteiger partial charge in [0.15, 0.2) is 0 Å². The molecule has 3 aliphatic rings. The third-order valence-corrected chi connectivity index (χ3v) is 4.37. The molecule has 0 aromatic heterocycles. The summed E-state index contributed by atoms with van der Waals surface area (Å²) < 4.78 is 0. The smallest absolute Gasteiger partial charge is 0.0235 e. The average molecular weight is 136 g/mol. The van der Waals surface area contributed by atoms with Crippen molar-refractivity contribution in [3.05, 3.63) is 0 Å². The molecule has 0 nitrogen and oxygen atoms in total. The van der Waals surface area contributed by atoms with Crippen LogP contribution in [-0.2, 0) is 0 Å². The summed E-state index contributed by atoms with van der Waals surface area (Å²) in [5.74, 6) is 4.56. The van der Waals surface area contributed by atoms with Crippen molar-refractivity contribution in [3.63, 3.8) is 0 Å². The molecule has 10 heavy (non-hydrogen) atoms. The fourth-order valence-corrected chi connectivity index (χ4v) is 3.15. The Hall–Kier alpha value is 0. The number of rotatable bonds is 1. The van der Waals surface area contributed by atoms with Crippen LogP contribution < -0.4 is 0 Å². The van der Waals surface area contributed by atoms with Crippen LogP contribution in [-0.4, -0.2) is 0 Å². The van der Waals surface area contributed by atoms with Crippen LogP contribution in [0.2, 0.25) is 0 Å². The maximum Gasteiger partial charge on any atom is -0.0235 e. The minimum absolute atomic E-state index is 0.940. The summed E-state index contributed by atoms with van der Waals surface area (Å²) in [4.78, 5) is 0. The molecule has 3 saturated carbocycles. The molecule has 0 bridgehead atoms. The first-order chi connectivity index (χ1) is 4.74. The highest BCUT2D eigenvalue weighted by Crippen LogP contribution is 2.79. The molecule has 0 heterocycles. The van der Waals surface area contributed by atoms with Gasteiger partial charge in [-0.15, -0.1) is 0 Å². The fraction of sp³-hybridized carbons (Fsp3) is 1.00. The molecular formula is C10H16. The maximum absolute atomic E-state index is 2.44. The average Bonchev–Trinajstić information content (AvgIpc) is 2.66. The van der Waals surface area contributed by atoms with Crippen LogP contribution in [0.5, 0.6) is 0 Å². The van der Waals surface area contributed by atoms with Gasteiger partial charge in [0, 0.05) is 0 Å². The number of hydrogen-bond donors (Lipinski definition) is 0. The van der Waals surface area contributed by atoms with E-state index in [1.54, 1.807) is 19.3 Å². The van der Waals surface area contributed by atoms with Crippen molar-refractivity contribution < 1.29 is 0 Å². The summed E-state index contributed by atoms with van der Waals surface area (Å²) in [6.07, 6.45) is 4.73. The van der Waals surface area contributed by atoms with Gasteiger partial charge >= 0.3 is 0 Å². The Labute approximate surface area is 63.0 Å². The van der Waals surface area contributed by atoms with E-state index in [2.05, 4.69) is 13.8 Å². The molecule has 0 aliphatic heterocycles. The second-order valence-electron chi connectivity index (χ2n) is 5.03. The van der Waals surface area contributed by atoms with E-state index in [0.29, 0.717) is 0 Å². The largest absolute Gasteiger partial charge is 0.0622 e. The molecule has 0 radical (unpaired) electrons. The predicted octanol–water partition coefficient (Wildman–Crippen LogP) is 2.69. The first kappa shape index (κ1) is 5.62. The Morgan fingerprint density at radius 2 is 1.80 bits per heavy atom. The third-order valence-electron chi connectivity index (χ3n) is 4.37. The lowest BCUT2D eigenvalue weighted by Crippen LogP contribution is -1.86. The van der Waals surface area contributed by atoms with E-state index in [1.165, 1.54) is 11.8 Å². The van der Waals surface area contributed by atoms with Gasteiger partial charge in [0.25, 0.3) is 0 Å². The Bertz CT molecular complexity index is 184. The van der Waals surface area contributed by atoms with Crippen molar-refractivity contribution >= 4 is 0 Å². The molecule has 1 spiro atoms. The standard InChI is InChI=1S/C10H16/c1-6-3-8(6)9-5-10(9)4-7(10)2/h6-9H,3-5H2,1-2H3. The highest BCUT2D eigenvalue weighted by Gasteiger charge is 2.72. The van der Waals surface area contributed by atoms with Gasteiger partial charge in [0.1, 0.15) is 0 Å². The zero-order valence-corrected chi connectivity index (χ0v) is 6.93. The topological polar surface area (TPSA) is 0 Å². The zero-order chi connectivity index (χ0) is 6.93. The van der Waals surface area contributed by atoms with Gasteiger partial charge in [-0.2, -0.15) is 0 Å². The van der Waals surface area contributed by atoms with Crippen LogP contribution in [0.3, 0.4) is 0 Å². The summed E-state index contributed by atoms with van der Waals surface area (Å²) in [6, 6.07) is 0. The van der Waals surface area contributed by atoms with Crippen LogP contribution in [0, 0.1) is 29.1 Å². The van der Waals surface area contributed by atoms with Gasteiger partial charge in [-0.25, -0.2) is 0 Å². The van der Waals surface area contributed by atoms with Gasteiger partial charge in [0.2, 0.25) is 0 Å². The van der Waals surface area contributed by atoms with Gasteiger partial charge in [-0.05, 0) is 48.3 Å². The molecule has 0 N–H and O–H groups in total. The molecule has 0 aromatic carbocycles. The fourth-order valence-electron chi connectivity index (χ4n) is 3.15. The molecule has 0 amide bonds. The minimum atomic E-state index is 0.940. The highest BCUT2D eigenvalue weighted by molar-refractivity contribution is 5.20. The van der Waals surface area contributed by atoms with E-state index in [-0.39, 0.29) is 0 Å². The minimum Gasteiger partial charge on any atom is -0.0622 e. The highest BCUT2D eigenvalue weighted by atomic mass is 14.8. The lowest BCUT2D eigenvalue weighted by Gasteiger charge is -1.91. The quantitative estimate of drug-likeness (QED) is 0.520. The first-order valence-electron chi connectivity index (χ1n) is 4.74. The van der Waals surface area contributed by atoms with Gasteiger partial charge in [-0.1, -0.05) is 13.8 Å². The molecule has 3 aliphatic carbocycles. The monoisotopic (exact) mass is 136 g/mol.